The molecule has 0 spiro atoms. The number of nitrogens with one attached hydrogen (secondary N) is 1. The highest BCUT2D eigenvalue weighted by molar-refractivity contribution is 5.94. The van der Waals surface area contributed by atoms with Crippen LogP contribution >= 0.6 is 0 Å². The average Bonchev–Trinajstić information content (AvgIpc) is 2.18. The molecule has 0 fully saturated rings. The summed E-state index contributed by atoms with van der Waals surface area (Å²) in [5.41, 5.74) is 0.680. The highest BCUT2D eigenvalue weighted by Crippen LogP contribution is 2.09. The number of hydrogen-bond acceptors (Lipinski definition) is 2. The molecule has 0 bridgehead atoms. The van der Waals surface area contributed by atoms with Crippen LogP contribution in [0.1, 0.15) is 13.3 Å². The summed E-state index contributed by atoms with van der Waals surface area (Å²) < 4.78 is 0. The van der Waals surface area contributed by atoms with E-state index in [0.717, 1.165) is 0 Å². The lowest BCUT2D eigenvalue weighted by atomic mass is 10.1. The van der Waals surface area contributed by atoms with E-state index in [2.05, 4.69) is 5.32 Å². The SMILES string of the molecule is CC(CC(=O)O)C(=O)Nc1ccccc1. The number of rotatable bonds is 4. The van der Waals surface area contributed by atoms with Gasteiger partial charge in [0.2, 0.25) is 5.91 Å². The Kier molecular flexibility index (Phi) is 3.85. The van der Waals surface area contributed by atoms with Crippen LogP contribution in [0.3, 0.4) is 0 Å². The van der Waals surface area contributed by atoms with Gasteiger partial charge in [-0.3, -0.25) is 9.59 Å². The molecule has 1 rings (SSSR count). The zero-order chi connectivity index (χ0) is 11.3. The molecule has 4 heteroatoms. The Hall–Kier alpha value is -1.84. The van der Waals surface area contributed by atoms with Crippen LogP contribution in [0.4, 0.5) is 5.69 Å². The van der Waals surface area contributed by atoms with Crippen LogP contribution in [0, 0.1) is 5.92 Å². The first-order valence-corrected chi connectivity index (χ1v) is 4.67. The number of para-hydroxylation sites is 1. The first kappa shape index (κ1) is 11.2. The molecule has 0 heterocycles. The molecule has 1 aromatic rings. The lowest BCUT2D eigenvalue weighted by Gasteiger charge is -2.09. The van der Waals surface area contributed by atoms with Gasteiger partial charge in [0, 0.05) is 11.6 Å². The van der Waals surface area contributed by atoms with E-state index in [1.165, 1.54) is 0 Å². The highest BCUT2D eigenvalue weighted by atomic mass is 16.4. The van der Waals surface area contributed by atoms with Crippen LogP contribution in [0.5, 0.6) is 0 Å². The number of hydrogen-bond donors (Lipinski definition) is 2. The molecule has 0 aliphatic carbocycles. The zero-order valence-electron chi connectivity index (χ0n) is 8.43. The van der Waals surface area contributed by atoms with Crippen molar-refractivity contribution < 1.29 is 14.7 Å². The molecule has 1 aromatic carbocycles. The van der Waals surface area contributed by atoms with Crippen molar-refractivity contribution in [2.75, 3.05) is 5.32 Å². The Morgan fingerprint density at radius 3 is 2.47 bits per heavy atom. The Labute approximate surface area is 87.9 Å². The predicted octanol–water partition coefficient (Wildman–Crippen LogP) is 1.74. The molecule has 80 valence electrons. The van der Waals surface area contributed by atoms with Crippen LogP contribution < -0.4 is 5.32 Å². The van der Waals surface area contributed by atoms with Crippen molar-refractivity contribution in [1.29, 1.82) is 0 Å². The molecule has 0 aromatic heterocycles. The molecular weight excluding hydrogens is 194 g/mol. The maximum atomic E-state index is 11.5. The van der Waals surface area contributed by atoms with Crippen LogP contribution in [0.15, 0.2) is 30.3 Å². The molecule has 0 radical (unpaired) electrons. The third-order valence-electron chi connectivity index (χ3n) is 1.97. The number of amides is 1. The highest BCUT2D eigenvalue weighted by Gasteiger charge is 2.16. The smallest absolute Gasteiger partial charge is 0.304 e. The van der Waals surface area contributed by atoms with Crippen molar-refractivity contribution in [3.8, 4) is 0 Å². The van der Waals surface area contributed by atoms with E-state index >= 15 is 0 Å². The second-order valence-corrected chi connectivity index (χ2v) is 3.35. The van der Waals surface area contributed by atoms with Crippen molar-refractivity contribution >= 4 is 17.6 Å². The topological polar surface area (TPSA) is 66.4 Å². The molecule has 4 nitrogen and oxygen atoms in total. The molecule has 15 heavy (non-hydrogen) atoms. The summed E-state index contributed by atoms with van der Waals surface area (Å²) in [6, 6.07) is 8.96. The van der Waals surface area contributed by atoms with Gasteiger partial charge in [-0.15, -0.1) is 0 Å². The fourth-order valence-electron chi connectivity index (χ4n) is 1.14. The quantitative estimate of drug-likeness (QED) is 0.790. The molecule has 0 saturated heterocycles. The third kappa shape index (κ3) is 3.81. The number of carboxylic acid groups (broad SMARTS) is 1. The van der Waals surface area contributed by atoms with Crippen LogP contribution in [-0.2, 0) is 9.59 Å². The van der Waals surface area contributed by atoms with Gasteiger partial charge < -0.3 is 10.4 Å². The van der Waals surface area contributed by atoms with Crippen LogP contribution in [0.2, 0.25) is 0 Å². The van der Waals surface area contributed by atoms with E-state index in [-0.39, 0.29) is 12.3 Å². The van der Waals surface area contributed by atoms with E-state index in [1.54, 1.807) is 31.2 Å². The third-order valence-corrected chi connectivity index (χ3v) is 1.97. The standard InChI is InChI=1S/C11H13NO3/c1-8(7-10(13)14)11(15)12-9-5-3-2-4-6-9/h2-6,8H,7H2,1H3,(H,12,15)(H,13,14). The summed E-state index contributed by atoms with van der Waals surface area (Å²) in [6.45, 7) is 1.59. The van der Waals surface area contributed by atoms with Gasteiger partial charge in [-0.2, -0.15) is 0 Å². The van der Waals surface area contributed by atoms with E-state index in [0.29, 0.717) is 5.69 Å². The second kappa shape index (κ2) is 5.14. The van der Waals surface area contributed by atoms with E-state index in [4.69, 9.17) is 5.11 Å². The summed E-state index contributed by atoms with van der Waals surface area (Å²) in [4.78, 5) is 21.9. The molecule has 0 aliphatic heterocycles. The number of carboxylic acids is 1. The summed E-state index contributed by atoms with van der Waals surface area (Å²) in [6.07, 6.45) is -0.154. The summed E-state index contributed by atoms with van der Waals surface area (Å²) in [5.74, 6) is -1.77. The molecular formula is C11H13NO3. The Bertz CT molecular complexity index is 348. The lowest BCUT2D eigenvalue weighted by Crippen LogP contribution is -2.22. The fourth-order valence-corrected chi connectivity index (χ4v) is 1.14. The van der Waals surface area contributed by atoms with Crippen molar-refractivity contribution in [1.82, 2.24) is 0 Å². The monoisotopic (exact) mass is 207 g/mol. The number of carbonyl (C=O) groups is 2. The maximum Gasteiger partial charge on any atom is 0.304 e. The Balaban J connectivity index is 2.52. The Morgan fingerprint density at radius 1 is 1.33 bits per heavy atom. The van der Waals surface area contributed by atoms with Gasteiger partial charge in [0.05, 0.1) is 6.42 Å². The minimum absolute atomic E-state index is 0.154. The van der Waals surface area contributed by atoms with Crippen molar-refractivity contribution in [2.24, 2.45) is 5.92 Å². The Morgan fingerprint density at radius 2 is 1.93 bits per heavy atom. The fraction of sp³-hybridized carbons (Fsp3) is 0.273. The van der Waals surface area contributed by atoms with Crippen molar-refractivity contribution in [3.05, 3.63) is 30.3 Å². The normalized spacial score (nSPS) is 11.8. The second-order valence-electron chi connectivity index (χ2n) is 3.35. The largest absolute Gasteiger partial charge is 0.481 e. The molecule has 0 aliphatic rings. The molecule has 1 amide bonds. The van der Waals surface area contributed by atoms with Gasteiger partial charge in [0.1, 0.15) is 0 Å². The predicted molar refractivity (Wildman–Crippen MR) is 56.5 cm³/mol. The number of anilines is 1. The first-order valence-electron chi connectivity index (χ1n) is 4.67. The molecule has 1 unspecified atom stereocenters. The summed E-state index contributed by atoms with van der Waals surface area (Å²) in [7, 11) is 0. The van der Waals surface area contributed by atoms with Crippen molar-refractivity contribution in [2.45, 2.75) is 13.3 Å². The maximum absolute atomic E-state index is 11.5. The minimum Gasteiger partial charge on any atom is -0.481 e. The van der Waals surface area contributed by atoms with Crippen LogP contribution in [-0.4, -0.2) is 17.0 Å². The molecule has 1 atom stereocenters. The lowest BCUT2D eigenvalue weighted by molar-refractivity contribution is -0.139. The zero-order valence-corrected chi connectivity index (χ0v) is 8.43. The van der Waals surface area contributed by atoms with Gasteiger partial charge in [-0.25, -0.2) is 0 Å². The van der Waals surface area contributed by atoms with Gasteiger partial charge in [-0.1, -0.05) is 25.1 Å². The molecule has 0 saturated carbocycles. The number of aliphatic carboxylic acids is 1. The van der Waals surface area contributed by atoms with Gasteiger partial charge in [0.25, 0.3) is 0 Å². The van der Waals surface area contributed by atoms with Crippen molar-refractivity contribution in [3.63, 3.8) is 0 Å². The van der Waals surface area contributed by atoms with Gasteiger partial charge in [-0.05, 0) is 12.1 Å². The summed E-state index contributed by atoms with van der Waals surface area (Å²) >= 11 is 0. The minimum atomic E-state index is -0.967. The summed E-state index contributed by atoms with van der Waals surface area (Å²) in [5, 5.41) is 11.2. The average molecular weight is 207 g/mol. The number of benzene rings is 1. The first-order chi connectivity index (χ1) is 7.09. The van der Waals surface area contributed by atoms with Gasteiger partial charge >= 0.3 is 5.97 Å². The number of carbonyl (C=O) groups excluding carboxylic acids is 1. The van der Waals surface area contributed by atoms with Gasteiger partial charge in [0.15, 0.2) is 0 Å². The van der Waals surface area contributed by atoms with Crippen LogP contribution in [0.25, 0.3) is 0 Å². The van der Waals surface area contributed by atoms with E-state index < -0.39 is 11.9 Å². The molecule has 2 N–H and O–H groups in total. The van der Waals surface area contributed by atoms with E-state index in [1.807, 2.05) is 6.07 Å². The van der Waals surface area contributed by atoms with E-state index in [9.17, 15) is 9.59 Å².